The van der Waals surface area contributed by atoms with Gasteiger partial charge in [-0.1, -0.05) is 20.3 Å². The Labute approximate surface area is 211 Å². The van der Waals surface area contributed by atoms with E-state index >= 15 is 0 Å². The van der Waals surface area contributed by atoms with Gasteiger partial charge in [0.25, 0.3) is 0 Å². The zero-order valence-electron chi connectivity index (χ0n) is 20.9. The van der Waals surface area contributed by atoms with Crippen LogP contribution in [0.3, 0.4) is 0 Å². The van der Waals surface area contributed by atoms with Crippen molar-refractivity contribution in [2.45, 2.75) is 83.0 Å². The van der Waals surface area contributed by atoms with Gasteiger partial charge >= 0.3 is 5.97 Å². The fraction of sp³-hybridized carbons (Fsp3) is 0.773. The lowest BCUT2D eigenvalue weighted by Crippen LogP contribution is -2.57. The van der Waals surface area contributed by atoms with Gasteiger partial charge in [0.15, 0.2) is 0 Å². The van der Waals surface area contributed by atoms with Gasteiger partial charge in [-0.3, -0.25) is 19.2 Å². The molecular weight excluding hydrogens is 476 g/mol. The lowest BCUT2D eigenvalue weighted by molar-refractivity contribution is -0.142. The van der Waals surface area contributed by atoms with Crippen molar-refractivity contribution in [2.24, 2.45) is 23.1 Å². The number of thioether (sulfide) groups is 1. The Kier molecular flexibility index (Phi) is 16.7. The molecule has 12 nitrogen and oxygen atoms in total. The first-order valence-corrected chi connectivity index (χ1v) is 13.2. The summed E-state index contributed by atoms with van der Waals surface area (Å²) in [5, 5.41) is 17.1. The van der Waals surface area contributed by atoms with Crippen molar-refractivity contribution >= 4 is 41.4 Å². The van der Waals surface area contributed by atoms with Crippen molar-refractivity contribution in [1.29, 1.82) is 0 Å². The number of rotatable bonds is 19. The van der Waals surface area contributed by atoms with Crippen LogP contribution in [0.25, 0.3) is 0 Å². The van der Waals surface area contributed by atoms with Crippen molar-refractivity contribution in [3.05, 3.63) is 0 Å². The van der Waals surface area contributed by atoms with E-state index in [0.717, 1.165) is 0 Å². The maximum absolute atomic E-state index is 13.0. The molecule has 202 valence electrons. The maximum Gasteiger partial charge on any atom is 0.326 e. The highest BCUT2D eigenvalue weighted by molar-refractivity contribution is 7.98. The summed E-state index contributed by atoms with van der Waals surface area (Å²) in [7, 11) is 0. The van der Waals surface area contributed by atoms with E-state index in [4.69, 9.17) is 17.2 Å². The third-order valence-corrected chi connectivity index (χ3v) is 6.32. The van der Waals surface area contributed by atoms with Gasteiger partial charge in [-0.15, -0.1) is 0 Å². The lowest BCUT2D eigenvalue weighted by Gasteiger charge is -2.26. The van der Waals surface area contributed by atoms with Crippen LogP contribution in [0.1, 0.15) is 58.8 Å². The molecule has 0 aliphatic heterocycles. The fourth-order valence-electron chi connectivity index (χ4n) is 3.14. The minimum Gasteiger partial charge on any atom is -0.480 e. The highest BCUT2D eigenvalue weighted by Crippen LogP contribution is 2.09. The molecule has 0 saturated carbocycles. The van der Waals surface area contributed by atoms with E-state index < -0.39 is 53.8 Å². The molecule has 5 unspecified atom stereocenters. The second kappa shape index (κ2) is 18.0. The third kappa shape index (κ3) is 13.3. The van der Waals surface area contributed by atoms with Crippen LogP contribution in [0, 0.1) is 5.92 Å². The number of carbonyl (C=O) groups is 5. The van der Waals surface area contributed by atoms with E-state index in [2.05, 4.69) is 16.0 Å². The molecule has 0 aliphatic carbocycles. The van der Waals surface area contributed by atoms with E-state index in [1.165, 1.54) is 11.8 Å². The number of nitrogens with one attached hydrogen (secondary N) is 3. The summed E-state index contributed by atoms with van der Waals surface area (Å²) in [5.41, 5.74) is 16.6. The summed E-state index contributed by atoms with van der Waals surface area (Å²) in [6, 6.07) is -4.16. The Bertz CT molecular complexity index is 710. The maximum atomic E-state index is 13.0. The number of carboxylic acids is 1. The highest BCUT2D eigenvalue weighted by atomic mass is 32.2. The summed E-state index contributed by atoms with van der Waals surface area (Å²) < 4.78 is 0. The lowest BCUT2D eigenvalue weighted by atomic mass is 9.98. The average molecular weight is 519 g/mol. The number of hydrogen-bond donors (Lipinski definition) is 7. The first kappa shape index (κ1) is 32.6. The summed E-state index contributed by atoms with van der Waals surface area (Å²) in [5.74, 6) is -3.35. The van der Waals surface area contributed by atoms with E-state index in [9.17, 15) is 29.1 Å². The van der Waals surface area contributed by atoms with Crippen LogP contribution in [0.2, 0.25) is 0 Å². The number of unbranched alkanes of at least 4 members (excludes halogenated alkanes) is 1. The smallest absolute Gasteiger partial charge is 0.326 e. The van der Waals surface area contributed by atoms with Crippen LogP contribution in [-0.2, 0) is 24.0 Å². The SMILES string of the molecule is CCC(C)C(N)C(=O)NC(CCC(N)=O)C(=O)NC(CCSC)C(=O)NC(CCCCN)C(=O)O. The first-order valence-electron chi connectivity index (χ1n) is 11.8. The summed E-state index contributed by atoms with van der Waals surface area (Å²) in [6.07, 6.45) is 3.81. The van der Waals surface area contributed by atoms with E-state index in [1.807, 2.05) is 13.2 Å². The standard InChI is InChI=1S/C22H42N6O6S/c1-4-13(2)18(25)21(32)27-14(8-9-17(24)29)19(30)26-15(10-12-35-3)20(31)28-16(22(33)34)7-5-6-11-23/h13-16,18H,4-12,23,25H2,1-3H3,(H2,24,29)(H,26,30)(H,27,32)(H,28,31)(H,33,34). The number of hydrogen-bond acceptors (Lipinski definition) is 8. The molecule has 5 atom stereocenters. The molecular formula is C22H42N6O6S. The Balaban J connectivity index is 5.51. The van der Waals surface area contributed by atoms with Crippen LogP contribution in [-0.4, -0.2) is 77.4 Å². The van der Waals surface area contributed by atoms with Crippen molar-refractivity contribution in [3.8, 4) is 0 Å². The molecule has 10 N–H and O–H groups in total. The Hall–Kier alpha value is -2.38. The van der Waals surface area contributed by atoms with Crippen LogP contribution in [0.5, 0.6) is 0 Å². The molecule has 0 aromatic rings. The van der Waals surface area contributed by atoms with Crippen molar-refractivity contribution in [1.82, 2.24) is 16.0 Å². The molecule has 0 bridgehead atoms. The van der Waals surface area contributed by atoms with Crippen molar-refractivity contribution in [3.63, 3.8) is 0 Å². The number of carboxylic acid groups (broad SMARTS) is 1. The minimum absolute atomic E-state index is 0.0756. The Morgan fingerprint density at radius 1 is 0.886 bits per heavy atom. The zero-order valence-corrected chi connectivity index (χ0v) is 21.7. The molecule has 13 heteroatoms. The number of primary amides is 1. The molecule has 0 spiro atoms. The second-order valence-corrected chi connectivity index (χ2v) is 9.49. The van der Waals surface area contributed by atoms with Crippen LogP contribution in [0.15, 0.2) is 0 Å². The van der Waals surface area contributed by atoms with Crippen molar-refractivity contribution in [2.75, 3.05) is 18.6 Å². The zero-order chi connectivity index (χ0) is 27.0. The third-order valence-electron chi connectivity index (χ3n) is 5.68. The quantitative estimate of drug-likeness (QED) is 0.105. The molecule has 4 amide bonds. The average Bonchev–Trinajstić information content (AvgIpc) is 2.81. The van der Waals surface area contributed by atoms with Crippen LogP contribution >= 0.6 is 11.8 Å². The van der Waals surface area contributed by atoms with Gasteiger partial charge in [-0.2, -0.15) is 11.8 Å². The predicted octanol–water partition coefficient (Wildman–Crippen LogP) is -0.954. The molecule has 0 aromatic carbocycles. The fourth-order valence-corrected chi connectivity index (χ4v) is 3.61. The van der Waals surface area contributed by atoms with Gasteiger partial charge in [0.1, 0.15) is 18.1 Å². The van der Waals surface area contributed by atoms with Crippen molar-refractivity contribution < 1.29 is 29.1 Å². The normalized spacial score (nSPS) is 15.2. The number of aliphatic carboxylic acids is 1. The largest absolute Gasteiger partial charge is 0.480 e. The van der Waals surface area contributed by atoms with Gasteiger partial charge in [0, 0.05) is 6.42 Å². The van der Waals surface area contributed by atoms with Gasteiger partial charge < -0.3 is 38.3 Å². The molecule has 0 aliphatic rings. The number of amides is 4. The molecule has 0 heterocycles. The number of nitrogens with two attached hydrogens (primary N) is 3. The molecule has 0 saturated heterocycles. The predicted molar refractivity (Wildman–Crippen MR) is 135 cm³/mol. The monoisotopic (exact) mass is 518 g/mol. The molecule has 0 rings (SSSR count). The second-order valence-electron chi connectivity index (χ2n) is 8.50. The molecule has 35 heavy (non-hydrogen) atoms. The summed E-state index contributed by atoms with van der Waals surface area (Å²) in [4.78, 5) is 61.3. The van der Waals surface area contributed by atoms with E-state index in [0.29, 0.717) is 31.6 Å². The van der Waals surface area contributed by atoms with Gasteiger partial charge in [-0.25, -0.2) is 4.79 Å². The molecule has 0 aromatic heterocycles. The van der Waals surface area contributed by atoms with E-state index in [-0.39, 0.29) is 31.6 Å². The topological polar surface area (TPSA) is 220 Å². The minimum atomic E-state index is -1.18. The van der Waals surface area contributed by atoms with Gasteiger partial charge in [-0.05, 0) is 56.6 Å². The van der Waals surface area contributed by atoms with E-state index in [1.54, 1.807) is 6.92 Å². The summed E-state index contributed by atoms with van der Waals surface area (Å²) in [6.45, 7) is 4.09. The van der Waals surface area contributed by atoms with Crippen LogP contribution < -0.4 is 33.2 Å². The molecule has 0 radical (unpaired) electrons. The summed E-state index contributed by atoms with van der Waals surface area (Å²) >= 11 is 1.45. The Morgan fingerprint density at radius 3 is 1.91 bits per heavy atom. The van der Waals surface area contributed by atoms with Crippen LogP contribution in [0.4, 0.5) is 0 Å². The highest BCUT2D eigenvalue weighted by Gasteiger charge is 2.31. The van der Waals surface area contributed by atoms with Gasteiger partial charge in [0.05, 0.1) is 6.04 Å². The molecule has 0 fully saturated rings. The Morgan fingerprint density at radius 2 is 1.43 bits per heavy atom. The van der Waals surface area contributed by atoms with Gasteiger partial charge in [0.2, 0.25) is 23.6 Å². The number of carbonyl (C=O) groups excluding carboxylic acids is 4. The first-order chi connectivity index (χ1) is 16.5.